The molecule has 2 aliphatic heterocycles. The number of aliphatic carboxylic acids is 1. The van der Waals surface area contributed by atoms with Crippen molar-refractivity contribution in [2.75, 3.05) is 19.8 Å². The lowest BCUT2D eigenvalue weighted by atomic mass is 9.99. The molecule has 4 rings (SSSR count). The summed E-state index contributed by atoms with van der Waals surface area (Å²) in [7, 11) is 0. The van der Waals surface area contributed by atoms with Crippen LogP contribution in [0.4, 0.5) is 0 Å². The molecular formula is C19H28N2O5. The average molecular weight is 364 g/mol. The summed E-state index contributed by atoms with van der Waals surface area (Å²) in [6.45, 7) is 5.60. The smallest absolute Gasteiger partial charge is 0.326 e. The van der Waals surface area contributed by atoms with Crippen LogP contribution in [-0.2, 0) is 19.1 Å². The molecule has 26 heavy (non-hydrogen) atoms. The Kier molecular flexibility index (Phi) is 4.25. The highest BCUT2D eigenvalue weighted by Gasteiger charge is 2.69. The number of rotatable bonds is 6. The van der Waals surface area contributed by atoms with E-state index in [-0.39, 0.29) is 35.0 Å². The van der Waals surface area contributed by atoms with Crippen molar-refractivity contribution >= 4 is 17.8 Å². The predicted octanol–water partition coefficient (Wildman–Crippen LogP) is 0.875. The van der Waals surface area contributed by atoms with Gasteiger partial charge in [-0.25, -0.2) is 4.79 Å². The van der Waals surface area contributed by atoms with Crippen LogP contribution in [0.2, 0.25) is 0 Å². The molecule has 7 nitrogen and oxygen atoms in total. The zero-order chi connectivity index (χ0) is 18.6. The molecule has 0 unspecified atom stereocenters. The van der Waals surface area contributed by atoms with Crippen LogP contribution in [0.1, 0.15) is 39.5 Å². The van der Waals surface area contributed by atoms with Gasteiger partial charge in [-0.2, -0.15) is 0 Å². The van der Waals surface area contributed by atoms with E-state index in [1.807, 2.05) is 0 Å². The van der Waals surface area contributed by atoms with Gasteiger partial charge < -0.3 is 20.1 Å². The van der Waals surface area contributed by atoms with Gasteiger partial charge in [0.15, 0.2) is 0 Å². The van der Waals surface area contributed by atoms with E-state index in [0.29, 0.717) is 38.5 Å². The van der Waals surface area contributed by atoms with E-state index in [4.69, 9.17) is 4.74 Å². The Morgan fingerprint density at radius 2 is 2.00 bits per heavy atom. The first-order chi connectivity index (χ1) is 12.3. The molecule has 0 aromatic carbocycles. The van der Waals surface area contributed by atoms with Crippen LogP contribution in [0.15, 0.2) is 0 Å². The molecule has 4 fully saturated rings. The maximum atomic E-state index is 13.2. The number of hydrogen-bond donors (Lipinski definition) is 2. The summed E-state index contributed by atoms with van der Waals surface area (Å²) in [5, 5.41) is 12.6. The predicted molar refractivity (Wildman–Crippen MR) is 92.1 cm³/mol. The van der Waals surface area contributed by atoms with Crippen LogP contribution in [0, 0.1) is 29.1 Å². The number of carboxylic acid groups (broad SMARTS) is 1. The second-order valence-electron chi connectivity index (χ2n) is 9.03. The lowest BCUT2D eigenvalue weighted by Gasteiger charge is -2.32. The van der Waals surface area contributed by atoms with Crippen molar-refractivity contribution in [1.29, 1.82) is 0 Å². The van der Waals surface area contributed by atoms with E-state index >= 15 is 0 Å². The molecule has 0 bridgehead atoms. The third-order valence-electron chi connectivity index (χ3n) is 6.93. The van der Waals surface area contributed by atoms with Gasteiger partial charge in [-0.15, -0.1) is 0 Å². The van der Waals surface area contributed by atoms with Gasteiger partial charge in [-0.05, 0) is 30.1 Å². The van der Waals surface area contributed by atoms with Crippen LogP contribution >= 0.6 is 0 Å². The first-order valence-corrected chi connectivity index (χ1v) is 9.72. The standard InChI is InChI=1S/C19H28N2O5/c1-19(2)12-8-21(15(14(12)19)18(24)25)17(23)13(7-10-3-4-10)20-16(22)11-5-6-26-9-11/h10-15H,3-9H2,1-2H3,(H,20,22)(H,24,25)/t11-,12+,13+,14+,15+/m1/s1. The Balaban J connectivity index is 1.47. The fourth-order valence-corrected chi connectivity index (χ4v) is 4.93. The summed E-state index contributed by atoms with van der Waals surface area (Å²) in [6, 6.07) is -1.38. The number of amides is 2. The number of nitrogens with zero attached hydrogens (tertiary/aromatic N) is 1. The number of nitrogens with one attached hydrogen (secondary N) is 1. The van der Waals surface area contributed by atoms with E-state index in [2.05, 4.69) is 19.2 Å². The van der Waals surface area contributed by atoms with Crippen molar-refractivity contribution in [1.82, 2.24) is 10.2 Å². The molecule has 2 saturated carbocycles. The molecule has 2 amide bonds. The average Bonchev–Trinajstić information content (AvgIpc) is 3.28. The van der Waals surface area contributed by atoms with Gasteiger partial charge in [0.2, 0.25) is 11.8 Å². The maximum Gasteiger partial charge on any atom is 0.326 e. The first kappa shape index (κ1) is 17.8. The molecule has 0 aromatic heterocycles. The summed E-state index contributed by atoms with van der Waals surface area (Å²) in [6.07, 6.45) is 3.44. The number of carbonyl (C=O) groups is 3. The zero-order valence-corrected chi connectivity index (χ0v) is 15.4. The SMILES string of the molecule is CC1(C)[C@@H]2[C@@H](C(=O)O)N(C(=O)[C@H](CC3CC3)NC(=O)[C@@H]3CCOC3)C[C@@H]21. The lowest BCUT2D eigenvalue weighted by Crippen LogP contribution is -2.54. The minimum Gasteiger partial charge on any atom is -0.480 e. The molecule has 0 spiro atoms. The minimum absolute atomic E-state index is 0.0176. The van der Waals surface area contributed by atoms with Gasteiger partial charge in [-0.3, -0.25) is 9.59 Å². The van der Waals surface area contributed by atoms with Gasteiger partial charge >= 0.3 is 5.97 Å². The second-order valence-corrected chi connectivity index (χ2v) is 9.03. The quantitative estimate of drug-likeness (QED) is 0.729. The molecule has 0 aromatic rings. The molecule has 2 heterocycles. The molecule has 2 aliphatic carbocycles. The van der Waals surface area contributed by atoms with Crippen LogP contribution in [0.5, 0.6) is 0 Å². The fraction of sp³-hybridized carbons (Fsp3) is 0.842. The lowest BCUT2D eigenvalue weighted by molar-refractivity contribution is -0.151. The van der Waals surface area contributed by atoms with E-state index in [9.17, 15) is 19.5 Å². The molecular weight excluding hydrogens is 336 g/mol. The Morgan fingerprint density at radius 1 is 1.27 bits per heavy atom. The van der Waals surface area contributed by atoms with Gasteiger partial charge in [-0.1, -0.05) is 26.7 Å². The molecule has 4 aliphatic rings. The fourth-order valence-electron chi connectivity index (χ4n) is 4.93. The molecule has 7 heteroatoms. The Morgan fingerprint density at radius 3 is 2.58 bits per heavy atom. The summed E-state index contributed by atoms with van der Waals surface area (Å²) in [5.74, 6) is -0.779. The highest BCUT2D eigenvalue weighted by molar-refractivity contribution is 5.92. The Labute approximate surface area is 153 Å². The highest BCUT2D eigenvalue weighted by atomic mass is 16.5. The van der Waals surface area contributed by atoms with E-state index < -0.39 is 18.1 Å². The Hall–Kier alpha value is -1.63. The monoisotopic (exact) mass is 364 g/mol. The van der Waals surface area contributed by atoms with Crippen LogP contribution in [0.3, 0.4) is 0 Å². The number of carboxylic acids is 1. The Bertz CT molecular complexity index is 623. The number of piperidine rings is 1. The van der Waals surface area contributed by atoms with Crippen molar-refractivity contribution < 1.29 is 24.2 Å². The van der Waals surface area contributed by atoms with Crippen molar-refractivity contribution in [3.63, 3.8) is 0 Å². The van der Waals surface area contributed by atoms with Crippen LogP contribution < -0.4 is 5.32 Å². The summed E-state index contributed by atoms with van der Waals surface area (Å²) in [4.78, 5) is 39.0. The third kappa shape index (κ3) is 3.00. The number of likely N-dealkylation sites (tertiary alicyclic amines) is 1. The van der Waals surface area contributed by atoms with Crippen molar-refractivity contribution in [2.24, 2.45) is 29.1 Å². The van der Waals surface area contributed by atoms with Crippen molar-refractivity contribution in [2.45, 2.75) is 51.6 Å². The van der Waals surface area contributed by atoms with Crippen LogP contribution in [0.25, 0.3) is 0 Å². The number of hydrogen-bond acceptors (Lipinski definition) is 4. The molecule has 5 atom stereocenters. The van der Waals surface area contributed by atoms with Gasteiger partial charge in [0.25, 0.3) is 0 Å². The van der Waals surface area contributed by atoms with Gasteiger partial charge in [0, 0.05) is 19.1 Å². The van der Waals surface area contributed by atoms with Crippen molar-refractivity contribution in [3.8, 4) is 0 Å². The maximum absolute atomic E-state index is 13.2. The van der Waals surface area contributed by atoms with E-state index in [1.54, 1.807) is 0 Å². The largest absolute Gasteiger partial charge is 0.480 e. The van der Waals surface area contributed by atoms with E-state index in [0.717, 1.165) is 12.8 Å². The van der Waals surface area contributed by atoms with E-state index in [1.165, 1.54) is 4.90 Å². The topological polar surface area (TPSA) is 95.9 Å². The zero-order valence-electron chi connectivity index (χ0n) is 15.4. The molecule has 2 saturated heterocycles. The van der Waals surface area contributed by atoms with Crippen molar-refractivity contribution in [3.05, 3.63) is 0 Å². The highest BCUT2D eigenvalue weighted by Crippen LogP contribution is 2.64. The minimum atomic E-state index is -0.933. The second kappa shape index (κ2) is 6.22. The summed E-state index contributed by atoms with van der Waals surface area (Å²) in [5.41, 5.74) is -0.0176. The first-order valence-electron chi connectivity index (χ1n) is 9.72. The van der Waals surface area contributed by atoms with Crippen LogP contribution in [-0.4, -0.2) is 59.6 Å². The number of ether oxygens (including phenoxy) is 1. The third-order valence-corrected chi connectivity index (χ3v) is 6.93. The summed E-state index contributed by atoms with van der Waals surface area (Å²) < 4.78 is 5.27. The molecule has 144 valence electrons. The summed E-state index contributed by atoms with van der Waals surface area (Å²) >= 11 is 0. The molecule has 2 N–H and O–H groups in total. The number of fused-ring (bicyclic) bond motifs is 1. The van der Waals surface area contributed by atoms with Gasteiger partial charge in [0.1, 0.15) is 12.1 Å². The number of carbonyl (C=O) groups excluding carboxylic acids is 2. The molecule has 0 radical (unpaired) electrons. The van der Waals surface area contributed by atoms with Gasteiger partial charge in [0.05, 0.1) is 12.5 Å². The normalized spacial score (nSPS) is 35.7.